The van der Waals surface area contributed by atoms with Gasteiger partial charge in [0.15, 0.2) is 0 Å². The van der Waals surface area contributed by atoms with Gasteiger partial charge in [0.2, 0.25) is 0 Å². The van der Waals surface area contributed by atoms with E-state index in [1.165, 1.54) is 36.5 Å². The normalized spacial score (nSPS) is 13.2. The van der Waals surface area contributed by atoms with E-state index in [1.54, 1.807) is 47.3 Å². The van der Waals surface area contributed by atoms with Crippen LogP contribution in [0.4, 0.5) is 17.6 Å². The van der Waals surface area contributed by atoms with Crippen LogP contribution in [0.15, 0.2) is 79.1 Å². The van der Waals surface area contributed by atoms with E-state index in [2.05, 4.69) is 10.1 Å². The summed E-state index contributed by atoms with van der Waals surface area (Å²) < 4.78 is 57.3. The van der Waals surface area contributed by atoms with Crippen molar-refractivity contribution in [3.05, 3.63) is 96.1 Å². The van der Waals surface area contributed by atoms with Crippen molar-refractivity contribution in [2.45, 2.75) is 12.1 Å². The monoisotopic (exact) mass is 409 g/mol. The second-order valence-corrected chi connectivity index (χ2v) is 7.11. The van der Waals surface area contributed by atoms with Gasteiger partial charge in [-0.15, -0.1) is 0 Å². The number of H-pyrrole nitrogens is 1. The molecule has 1 unspecified atom stereocenters. The molecule has 0 amide bonds. The molecule has 5 rings (SSSR count). The lowest BCUT2D eigenvalue weighted by molar-refractivity contribution is -0.140. The zero-order valence-corrected chi connectivity index (χ0v) is 15.5. The van der Waals surface area contributed by atoms with E-state index in [0.717, 1.165) is 0 Å². The van der Waals surface area contributed by atoms with Crippen LogP contribution in [-0.4, -0.2) is 20.9 Å². The molecule has 2 heterocycles. The van der Waals surface area contributed by atoms with Gasteiger partial charge in [-0.3, -0.25) is 0 Å². The van der Waals surface area contributed by atoms with Crippen molar-refractivity contribution in [2.75, 3.05) is 0 Å². The molecule has 0 fully saturated rings. The summed E-state index contributed by atoms with van der Waals surface area (Å²) in [5, 5.41) is 5.40. The first-order valence-electron chi connectivity index (χ1n) is 9.28. The third kappa shape index (κ3) is 3.03. The summed E-state index contributed by atoms with van der Waals surface area (Å²) >= 11 is 0. The summed E-state index contributed by atoms with van der Waals surface area (Å²) in [4.78, 5) is 2.97. The van der Waals surface area contributed by atoms with Gasteiger partial charge in [0.25, 0.3) is 0 Å². The molecule has 7 heteroatoms. The number of nitrogens with one attached hydrogen (secondary N) is 1. The van der Waals surface area contributed by atoms with Crippen molar-refractivity contribution in [3.8, 4) is 5.69 Å². The van der Waals surface area contributed by atoms with Crippen molar-refractivity contribution in [1.29, 1.82) is 0 Å². The lowest BCUT2D eigenvalue weighted by atomic mass is 9.88. The number of rotatable bonds is 3. The summed E-state index contributed by atoms with van der Waals surface area (Å²) in [6.07, 6.45) is -1.31. The number of aromatic nitrogens is 3. The van der Waals surface area contributed by atoms with E-state index in [4.69, 9.17) is 0 Å². The van der Waals surface area contributed by atoms with Crippen LogP contribution in [0.5, 0.6) is 0 Å². The van der Waals surface area contributed by atoms with Crippen LogP contribution in [0.1, 0.15) is 17.0 Å². The van der Waals surface area contributed by atoms with Gasteiger partial charge in [-0.05, 0) is 59.7 Å². The van der Waals surface area contributed by atoms with Crippen molar-refractivity contribution in [2.24, 2.45) is 0 Å². The predicted octanol–water partition coefficient (Wildman–Crippen LogP) is 6.34. The molecule has 0 saturated carbocycles. The van der Waals surface area contributed by atoms with Gasteiger partial charge in [-0.25, -0.2) is 9.07 Å². The van der Waals surface area contributed by atoms with Gasteiger partial charge in [-0.1, -0.05) is 18.2 Å². The Morgan fingerprint density at radius 2 is 1.73 bits per heavy atom. The van der Waals surface area contributed by atoms with E-state index in [-0.39, 0.29) is 16.9 Å². The molecule has 1 atom stereocenters. The van der Waals surface area contributed by atoms with Crippen molar-refractivity contribution >= 4 is 21.8 Å². The molecule has 150 valence electrons. The Morgan fingerprint density at radius 3 is 2.50 bits per heavy atom. The number of halogens is 4. The van der Waals surface area contributed by atoms with Crippen LogP contribution in [0.25, 0.3) is 27.5 Å². The minimum atomic E-state index is -4.47. The smallest absolute Gasteiger partial charge is 0.361 e. The standard InChI is InChI=1S/C23H15F4N3/c24-16-5-7-17(8-6-16)30-21-9-4-14(12-15(21)13-29-30)22(23(25,26)27)19-2-1-3-20-18(19)10-11-28-20/h1-13,22,28H. The summed E-state index contributed by atoms with van der Waals surface area (Å²) in [6, 6.07) is 16.9. The van der Waals surface area contributed by atoms with E-state index < -0.39 is 12.1 Å². The van der Waals surface area contributed by atoms with Crippen LogP contribution >= 0.6 is 0 Å². The number of aromatic amines is 1. The van der Waals surface area contributed by atoms with E-state index in [1.807, 2.05) is 0 Å². The van der Waals surface area contributed by atoms with Gasteiger partial charge >= 0.3 is 6.18 Å². The Bertz CT molecular complexity index is 1350. The van der Waals surface area contributed by atoms with Gasteiger partial charge < -0.3 is 4.98 Å². The lowest BCUT2D eigenvalue weighted by Gasteiger charge is -2.22. The van der Waals surface area contributed by atoms with Crippen LogP contribution in [-0.2, 0) is 0 Å². The molecule has 0 bridgehead atoms. The van der Waals surface area contributed by atoms with Crippen LogP contribution in [0.2, 0.25) is 0 Å². The second kappa shape index (κ2) is 6.73. The van der Waals surface area contributed by atoms with Crippen molar-refractivity contribution in [1.82, 2.24) is 14.8 Å². The molecule has 0 spiro atoms. The number of hydrogen-bond donors (Lipinski definition) is 1. The third-order valence-electron chi connectivity index (χ3n) is 5.26. The minimum Gasteiger partial charge on any atom is -0.361 e. The fourth-order valence-electron chi connectivity index (χ4n) is 3.93. The molecular weight excluding hydrogens is 394 g/mol. The first kappa shape index (κ1) is 18.4. The molecule has 0 saturated heterocycles. The van der Waals surface area contributed by atoms with Crippen LogP contribution < -0.4 is 0 Å². The second-order valence-electron chi connectivity index (χ2n) is 7.11. The Hall–Kier alpha value is -3.61. The molecular formula is C23H15F4N3. The number of benzene rings is 3. The third-order valence-corrected chi connectivity index (χ3v) is 5.26. The maximum atomic E-state index is 14.2. The zero-order chi connectivity index (χ0) is 20.9. The van der Waals surface area contributed by atoms with Gasteiger partial charge in [0, 0.05) is 22.5 Å². The predicted molar refractivity (Wildman–Crippen MR) is 107 cm³/mol. The first-order valence-corrected chi connectivity index (χ1v) is 9.28. The number of alkyl halides is 3. The number of hydrogen-bond acceptors (Lipinski definition) is 1. The summed E-state index contributed by atoms with van der Waals surface area (Å²) in [6.45, 7) is 0. The highest BCUT2D eigenvalue weighted by Crippen LogP contribution is 2.43. The van der Waals surface area contributed by atoms with E-state index >= 15 is 0 Å². The molecule has 0 aliphatic rings. The average molecular weight is 409 g/mol. The van der Waals surface area contributed by atoms with Gasteiger partial charge in [-0.2, -0.15) is 18.3 Å². The summed E-state index contributed by atoms with van der Waals surface area (Å²) in [5.41, 5.74) is 2.27. The molecule has 30 heavy (non-hydrogen) atoms. The van der Waals surface area contributed by atoms with E-state index in [0.29, 0.717) is 27.5 Å². The lowest BCUT2D eigenvalue weighted by Crippen LogP contribution is -2.22. The fraction of sp³-hybridized carbons (Fsp3) is 0.0870. The largest absolute Gasteiger partial charge is 0.399 e. The molecule has 5 aromatic rings. The zero-order valence-electron chi connectivity index (χ0n) is 15.5. The minimum absolute atomic E-state index is 0.141. The summed E-state index contributed by atoms with van der Waals surface area (Å²) in [7, 11) is 0. The molecule has 1 N–H and O–H groups in total. The van der Waals surface area contributed by atoms with E-state index in [9.17, 15) is 17.6 Å². The Balaban J connectivity index is 1.65. The SMILES string of the molecule is Fc1ccc(-n2ncc3cc(C(c4cccc5[nH]ccc45)C(F)(F)F)ccc32)cc1. The maximum absolute atomic E-state index is 14.2. The van der Waals surface area contributed by atoms with Gasteiger partial charge in [0.1, 0.15) is 11.7 Å². The summed E-state index contributed by atoms with van der Waals surface area (Å²) in [5.74, 6) is -2.14. The quantitative estimate of drug-likeness (QED) is 0.347. The molecule has 2 aromatic heterocycles. The fourth-order valence-corrected chi connectivity index (χ4v) is 3.93. The molecule has 0 aliphatic carbocycles. The van der Waals surface area contributed by atoms with Crippen molar-refractivity contribution in [3.63, 3.8) is 0 Å². The first-order chi connectivity index (χ1) is 14.4. The topological polar surface area (TPSA) is 33.6 Å². The van der Waals surface area contributed by atoms with Crippen molar-refractivity contribution < 1.29 is 17.6 Å². The maximum Gasteiger partial charge on any atom is 0.399 e. The Morgan fingerprint density at radius 1 is 0.933 bits per heavy atom. The molecule has 0 aliphatic heterocycles. The average Bonchev–Trinajstić information content (AvgIpc) is 3.35. The Labute approximate surface area is 168 Å². The highest BCUT2D eigenvalue weighted by molar-refractivity contribution is 5.85. The highest BCUT2D eigenvalue weighted by Gasteiger charge is 2.42. The molecule has 3 nitrogen and oxygen atoms in total. The number of fused-ring (bicyclic) bond motifs is 2. The molecule has 3 aromatic carbocycles. The Kier molecular flexibility index (Phi) is 4.13. The highest BCUT2D eigenvalue weighted by atomic mass is 19.4. The van der Waals surface area contributed by atoms with Crippen LogP contribution in [0.3, 0.4) is 0 Å². The van der Waals surface area contributed by atoms with Gasteiger partial charge in [0.05, 0.1) is 17.4 Å². The van der Waals surface area contributed by atoms with Crippen LogP contribution in [0, 0.1) is 5.82 Å². The number of nitrogens with zero attached hydrogens (tertiary/aromatic N) is 2. The molecule has 0 radical (unpaired) electrons.